The van der Waals surface area contributed by atoms with Crippen LogP contribution in [0.1, 0.15) is 0 Å². The van der Waals surface area contributed by atoms with Crippen LogP contribution < -0.4 is 25.6 Å². The molecule has 298 valence electrons. The third-order valence-corrected chi connectivity index (χ3v) is 18.4. The number of anilines is 3. The van der Waals surface area contributed by atoms with E-state index in [1.54, 1.807) is 0 Å². The highest BCUT2D eigenvalue weighted by Gasteiger charge is 2.41. The van der Waals surface area contributed by atoms with Crippen molar-refractivity contribution in [2.75, 3.05) is 4.90 Å². The highest BCUT2D eigenvalue weighted by atomic mass is 32.1. The predicted octanol–water partition coefficient (Wildman–Crippen LogP) is 13.9. The number of fused-ring (bicyclic) bond motifs is 3. The molecule has 0 aliphatic rings. The SMILES string of the molecule is c1ccc(-c2ccc3sc4ccc(N(c5ccc(-c6ccc([Si](c7ccccc7)(c7ccccc7)c7ccccc7)cc6)cc5)c5ccccc5-c5ccccc5)cc4c3c2)cc1. The number of nitrogens with zero attached hydrogens (tertiary/aromatic N) is 1. The molecule has 0 aliphatic carbocycles. The summed E-state index contributed by atoms with van der Waals surface area (Å²) in [6.45, 7) is 0. The van der Waals surface area contributed by atoms with Gasteiger partial charge in [-0.05, 0) is 97.1 Å². The molecule has 0 fully saturated rings. The fourth-order valence-corrected chi connectivity index (χ4v) is 15.3. The lowest BCUT2D eigenvalue weighted by Gasteiger charge is -2.34. The maximum atomic E-state index is 2.43. The fraction of sp³-hybridized carbons (Fsp3) is 0. The molecule has 0 N–H and O–H groups in total. The lowest BCUT2D eigenvalue weighted by atomic mass is 10.0. The normalized spacial score (nSPS) is 11.5. The Morgan fingerprint density at radius 3 is 1.25 bits per heavy atom. The highest BCUT2D eigenvalue weighted by molar-refractivity contribution is 7.25. The van der Waals surface area contributed by atoms with Crippen molar-refractivity contribution in [2.24, 2.45) is 0 Å². The van der Waals surface area contributed by atoms with Gasteiger partial charge in [0.1, 0.15) is 0 Å². The van der Waals surface area contributed by atoms with Gasteiger partial charge in [0.15, 0.2) is 8.07 Å². The number of rotatable bonds is 10. The van der Waals surface area contributed by atoms with E-state index in [9.17, 15) is 0 Å². The fourth-order valence-electron chi connectivity index (χ4n) is 9.45. The average molecular weight is 838 g/mol. The molecule has 11 aromatic rings. The van der Waals surface area contributed by atoms with E-state index in [0.29, 0.717) is 0 Å². The Kier molecular flexibility index (Phi) is 10.2. The maximum Gasteiger partial charge on any atom is 0.179 e. The minimum atomic E-state index is -2.61. The molecule has 11 rings (SSSR count). The van der Waals surface area contributed by atoms with Crippen molar-refractivity contribution in [3.05, 3.63) is 261 Å². The van der Waals surface area contributed by atoms with Crippen LogP contribution in [0, 0.1) is 0 Å². The van der Waals surface area contributed by atoms with Crippen LogP contribution in [-0.4, -0.2) is 8.07 Å². The first-order chi connectivity index (χ1) is 31.2. The third kappa shape index (κ3) is 7.08. The van der Waals surface area contributed by atoms with Gasteiger partial charge in [-0.1, -0.05) is 212 Å². The van der Waals surface area contributed by atoms with Crippen molar-refractivity contribution in [3.63, 3.8) is 0 Å². The minimum absolute atomic E-state index is 1.10. The van der Waals surface area contributed by atoms with E-state index >= 15 is 0 Å². The first kappa shape index (κ1) is 38.4. The Labute approximate surface area is 374 Å². The summed E-state index contributed by atoms with van der Waals surface area (Å²) in [7, 11) is -2.61. The number of para-hydroxylation sites is 1. The summed E-state index contributed by atoms with van der Waals surface area (Å²) in [5, 5.41) is 8.04. The van der Waals surface area contributed by atoms with Gasteiger partial charge in [-0.2, -0.15) is 0 Å². The molecule has 0 radical (unpaired) electrons. The van der Waals surface area contributed by atoms with Crippen LogP contribution in [0.4, 0.5) is 17.1 Å². The molecular weight excluding hydrogens is 795 g/mol. The molecule has 0 atom stereocenters. The highest BCUT2D eigenvalue weighted by Crippen LogP contribution is 2.44. The van der Waals surface area contributed by atoms with Crippen LogP contribution >= 0.6 is 11.3 Å². The second-order valence-electron chi connectivity index (χ2n) is 16.1. The van der Waals surface area contributed by atoms with Gasteiger partial charge in [-0.15, -0.1) is 11.3 Å². The van der Waals surface area contributed by atoms with Crippen molar-refractivity contribution in [3.8, 4) is 33.4 Å². The summed E-state index contributed by atoms with van der Waals surface area (Å²) < 4.78 is 2.58. The van der Waals surface area contributed by atoms with E-state index in [1.807, 2.05) is 11.3 Å². The zero-order valence-corrected chi connectivity index (χ0v) is 36.5. The molecule has 0 unspecified atom stereocenters. The van der Waals surface area contributed by atoms with Crippen molar-refractivity contribution in [1.29, 1.82) is 0 Å². The summed E-state index contributed by atoms with van der Waals surface area (Å²) in [6.07, 6.45) is 0. The molecule has 0 amide bonds. The van der Waals surface area contributed by atoms with Gasteiger partial charge >= 0.3 is 0 Å². The van der Waals surface area contributed by atoms with Crippen LogP contribution in [0.2, 0.25) is 0 Å². The monoisotopic (exact) mass is 837 g/mol. The summed E-state index contributed by atoms with van der Waals surface area (Å²) in [4.78, 5) is 2.43. The molecule has 0 aliphatic heterocycles. The standard InChI is InChI=1S/C60H43NSSi/c1-6-18-44(19-7-1)48-34-40-59-56(42-48)57-43-50(37-41-60(57)62-59)61(58-29-17-16-28-55(58)47-20-8-2-9-21-47)49-35-30-45(31-36-49)46-32-38-54(39-33-46)63(51-22-10-3-11-23-51,52-24-12-4-13-25-52)53-26-14-5-15-27-53/h1-43H. The number of hydrogen-bond donors (Lipinski definition) is 0. The molecule has 0 saturated heterocycles. The Bertz CT molecular complexity index is 3200. The van der Waals surface area contributed by atoms with Crippen LogP contribution in [0.5, 0.6) is 0 Å². The van der Waals surface area contributed by atoms with Crippen molar-refractivity contribution in [1.82, 2.24) is 0 Å². The molecule has 1 aromatic heterocycles. The molecule has 10 aromatic carbocycles. The third-order valence-electron chi connectivity index (χ3n) is 12.4. The Morgan fingerprint density at radius 1 is 0.286 bits per heavy atom. The van der Waals surface area contributed by atoms with Gasteiger partial charge in [0.2, 0.25) is 0 Å². The molecule has 1 nitrogen and oxygen atoms in total. The maximum absolute atomic E-state index is 2.61. The zero-order chi connectivity index (χ0) is 42.0. The van der Waals surface area contributed by atoms with E-state index in [0.717, 1.165) is 17.1 Å². The molecule has 3 heteroatoms. The zero-order valence-electron chi connectivity index (χ0n) is 34.7. The van der Waals surface area contributed by atoms with Crippen LogP contribution in [0.15, 0.2) is 261 Å². The Morgan fingerprint density at radius 2 is 0.683 bits per heavy atom. The van der Waals surface area contributed by atoms with Gasteiger partial charge in [0, 0.05) is 37.1 Å². The predicted molar refractivity (Wildman–Crippen MR) is 274 cm³/mol. The van der Waals surface area contributed by atoms with Gasteiger partial charge in [-0.3, -0.25) is 0 Å². The molecule has 0 spiro atoms. The second-order valence-corrected chi connectivity index (χ2v) is 20.9. The number of thiophene rings is 1. The largest absolute Gasteiger partial charge is 0.310 e. The van der Waals surface area contributed by atoms with Crippen molar-refractivity contribution in [2.45, 2.75) is 0 Å². The molecule has 0 bridgehead atoms. The summed E-state index contributed by atoms with van der Waals surface area (Å²) in [5.74, 6) is 0. The van der Waals surface area contributed by atoms with Crippen molar-refractivity contribution >= 4 is 77.4 Å². The molecule has 0 saturated carbocycles. The smallest absolute Gasteiger partial charge is 0.179 e. The van der Waals surface area contributed by atoms with Crippen LogP contribution in [-0.2, 0) is 0 Å². The molecule has 63 heavy (non-hydrogen) atoms. The number of hydrogen-bond acceptors (Lipinski definition) is 2. The molecular formula is C60H43NSSi. The van der Waals surface area contributed by atoms with E-state index in [-0.39, 0.29) is 0 Å². The van der Waals surface area contributed by atoms with E-state index < -0.39 is 8.07 Å². The average Bonchev–Trinajstić information content (AvgIpc) is 3.74. The number of benzene rings is 10. The van der Waals surface area contributed by atoms with Crippen molar-refractivity contribution < 1.29 is 0 Å². The lowest BCUT2D eigenvalue weighted by molar-refractivity contribution is 1.29. The first-order valence-corrected chi connectivity index (χ1v) is 24.4. The Hall–Kier alpha value is -7.56. The van der Waals surface area contributed by atoms with Crippen LogP contribution in [0.25, 0.3) is 53.6 Å². The summed E-state index contributed by atoms with van der Waals surface area (Å²) >= 11 is 1.86. The van der Waals surface area contributed by atoms with E-state index in [4.69, 9.17) is 0 Å². The summed E-state index contributed by atoms with van der Waals surface area (Å²) in [6, 6.07) is 96.0. The van der Waals surface area contributed by atoms with Gasteiger partial charge in [0.05, 0.1) is 5.69 Å². The second kappa shape index (κ2) is 16.7. The van der Waals surface area contributed by atoms with E-state index in [1.165, 1.54) is 74.3 Å². The minimum Gasteiger partial charge on any atom is -0.310 e. The van der Waals surface area contributed by atoms with Gasteiger partial charge < -0.3 is 4.90 Å². The Balaban J connectivity index is 1.02. The first-order valence-electron chi connectivity index (χ1n) is 21.6. The lowest BCUT2D eigenvalue weighted by Crippen LogP contribution is -2.74. The van der Waals surface area contributed by atoms with E-state index in [2.05, 4.69) is 266 Å². The molecule has 1 heterocycles. The van der Waals surface area contributed by atoms with Crippen LogP contribution in [0.3, 0.4) is 0 Å². The van der Waals surface area contributed by atoms with Gasteiger partial charge in [-0.25, -0.2) is 0 Å². The quantitative estimate of drug-likeness (QED) is 0.0980. The topological polar surface area (TPSA) is 3.24 Å². The van der Waals surface area contributed by atoms with Gasteiger partial charge in [0.25, 0.3) is 0 Å². The summed E-state index contributed by atoms with van der Waals surface area (Å²) in [5.41, 5.74) is 10.6.